The Morgan fingerprint density at radius 3 is 2.67 bits per heavy atom. The van der Waals surface area contributed by atoms with Gasteiger partial charge >= 0.3 is 5.97 Å². The minimum absolute atomic E-state index is 0.221. The van der Waals surface area contributed by atoms with Gasteiger partial charge in [-0.25, -0.2) is 9.78 Å². The molecule has 1 aliphatic rings. The third kappa shape index (κ3) is 3.46. The largest absolute Gasteiger partial charge is 0.451 e. The highest BCUT2D eigenvalue weighted by molar-refractivity contribution is 5.97. The zero-order valence-corrected chi connectivity index (χ0v) is 14.7. The monoisotopic (exact) mass is 361 g/mol. The molecule has 0 atom stereocenters. The van der Waals surface area contributed by atoms with E-state index in [0.29, 0.717) is 6.54 Å². The van der Waals surface area contributed by atoms with Crippen molar-refractivity contribution in [3.63, 3.8) is 0 Å². The predicted molar refractivity (Wildman–Crippen MR) is 101 cm³/mol. The van der Waals surface area contributed by atoms with Gasteiger partial charge in [0.25, 0.3) is 5.91 Å². The van der Waals surface area contributed by atoms with Crippen molar-refractivity contribution in [3.05, 3.63) is 78.4 Å². The molecule has 27 heavy (non-hydrogen) atoms. The Labute approximate surface area is 157 Å². The van der Waals surface area contributed by atoms with E-state index in [0.717, 1.165) is 29.8 Å². The lowest BCUT2D eigenvalue weighted by Crippen LogP contribution is -2.38. The number of hydrogen-bond acceptors (Lipinski definition) is 4. The number of fused-ring (bicyclic) bond motifs is 1. The summed E-state index contributed by atoms with van der Waals surface area (Å²) in [7, 11) is 0. The van der Waals surface area contributed by atoms with Crippen molar-refractivity contribution in [2.75, 3.05) is 18.1 Å². The Morgan fingerprint density at radius 1 is 1.04 bits per heavy atom. The van der Waals surface area contributed by atoms with E-state index in [1.165, 1.54) is 6.20 Å². The van der Waals surface area contributed by atoms with Gasteiger partial charge in [0.05, 0.1) is 12.5 Å². The molecule has 4 rings (SSSR count). The van der Waals surface area contributed by atoms with Crippen LogP contribution in [0.25, 0.3) is 5.69 Å². The SMILES string of the molecule is O=C(OCC(=O)N1CCCc2ccccc21)c1cncn1-c1ccccc1. The summed E-state index contributed by atoms with van der Waals surface area (Å²) in [5, 5.41) is 0. The third-order valence-corrected chi connectivity index (χ3v) is 4.62. The predicted octanol–water partition coefficient (Wildman–Crippen LogP) is 3.01. The molecular formula is C21H19N3O3. The Balaban J connectivity index is 1.45. The number of anilines is 1. The van der Waals surface area contributed by atoms with Gasteiger partial charge in [0.15, 0.2) is 12.3 Å². The van der Waals surface area contributed by atoms with Gasteiger partial charge in [-0.2, -0.15) is 0 Å². The van der Waals surface area contributed by atoms with Crippen molar-refractivity contribution >= 4 is 17.6 Å². The molecule has 2 heterocycles. The Hall–Kier alpha value is -3.41. The molecule has 0 aliphatic carbocycles. The molecule has 0 radical (unpaired) electrons. The summed E-state index contributed by atoms with van der Waals surface area (Å²) in [4.78, 5) is 30.8. The molecule has 0 saturated carbocycles. The van der Waals surface area contributed by atoms with Gasteiger partial charge in [-0.05, 0) is 36.6 Å². The number of para-hydroxylation sites is 2. The number of rotatable bonds is 4. The average molecular weight is 361 g/mol. The summed E-state index contributed by atoms with van der Waals surface area (Å²) < 4.78 is 6.93. The molecule has 1 aromatic heterocycles. The van der Waals surface area contributed by atoms with Crippen LogP contribution in [0.3, 0.4) is 0 Å². The number of ether oxygens (including phenoxy) is 1. The number of nitrogens with zero attached hydrogens (tertiary/aromatic N) is 3. The first-order valence-electron chi connectivity index (χ1n) is 8.87. The van der Waals surface area contributed by atoms with Crippen LogP contribution in [-0.2, 0) is 16.0 Å². The van der Waals surface area contributed by atoms with Crippen molar-refractivity contribution < 1.29 is 14.3 Å². The van der Waals surface area contributed by atoms with E-state index in [2.05, 4.69) is 4.98 Å². The van der Waals surface area contributed by atoms with Crippen LogP contribution in [0.4, 0.5) is 5.69 Å². The topological polar surface area (TPSA) is 64.4 Å². The van der Waals surface area contributed by atoms with Crippen molar-refractivity contribution in [2.45, 2.75) is 12.8 Å². The summed E-state index contributed by atoms with van der Waals surface area (Å²) in [5.74, 6) is -0.795. The van der Waals surface area contributed by atoms with Gasteiger partial charge in [-0.1, -0.05) is 36.4 Å². The normalized spacial score (nSPS) is 13.1. The molecule has 6 heteroatoms. The summed E-state index contributed by atoms with van der Waals surface area (Å²) in [6.45, 7) is 0.336. The van der Waals surface area contributed by atoms with E-state index in [-0.39, 0.29) is 18.2 Å². The van der Waals surface area contributed by atoms with Crippen LogP contribution in [0.2, 0.25) is 0 Å². The molecule has 0 unspecified atom stereocenters. The standard InChI is InChI=1S/C21H19N3O3/c25-20(23-12-6-8-16-7-4-5-11-18(16)23)14-27-21(26)19-13-22-15-24(19)17-9-2-1-3-10-17/h1-5,7,9-11,13,15H,6,8,12,14H2. The van der Waals surface area contributed by atoms with Crippen molar-refractivity contribution in [1.29, 1.82) is 0 Å². The van der Waals surface area contributed by atoms with Gasteiger partial charge in [-0.15, -0.1) is 0 Å². The zero-order chi connectivity index (χ0) is 18.6. The number of benzene rings is 2. The molecule has 0 spiro atoms. The number of esters is 1. The number of carbonyl (C=O) groups is 2. The molecule has 3 aromatic rings. The molecule has 2 aromatic carbocycles. The quantitative estimate of drug-likeness (QED) is 0.670. The van der Waals surface area contributed by atoms with Crippen molar-refractivity contribution in [3.8, 4) is 5.69 Å². The Bertz CT molecular complexity index is 966. The lowest BCUT2D eigenvalue weighted by molar-refractivity contribution is -0.121. The maximum absolute atomic E-state index is 12.6. The molecule has 6 nitrogen and oxygen atoms in total. The lowest BCUT2D eigenvalue weighted by Gasteiger charge is -2.29. The molecular weight excluding hydrogens is 342 g/mol. The van der Waals surface area contributed by atoms with Crippen LogP contribution in [0.5, 0.6) is 0 Å². The van der Waals surface area contributed by atoms with Crippen LogP contribution < -0.4 is 4.90 Å². The number of imidazole rings is 1. The molecule has 0 fully saturated rings. The fraction of sp³-hybridized carbons (Fsp3) is 0.190. The second kappa shape index (κ2) is 7.45. The minimum atomic E-state index is -0.574. The first kappa shape index (κ1) is 17.0. The number of aryl methyl sites for hydroxylation is 1. The van der Waals surface area contributed by atoms with Crippen LogP contribution in [0.1, 0.15) is 22.5 Å². The summed E-state index contributed by atoms with van der Waals surface area (Å²) in [6.07, 6.45) is 4.85. The van der Waals surface area contributed by atoms with E-state index in [9.17, 15) is 9.59 Å². The van der Waals surface area contributed by atoms with Crippen LogP contribution in [0, 0.1) is 0 Å². The van der Waals surface area contributed by atoms with E-state index in [1.807, 2.05) is 54.6 Å². The van der Waals surface area contributed by atoms with Crippen LogP contribution in [-0.4, -0.2) is 34.6 Å². The second-order valence-corrected chi connectivity index (χ2v) is 6.34. The molecule has 0 saturated heterocycles. The Morgan fingerprint density at radius 2 is 1.81 bits per heavy atom. The van der Waals surface area contributed by atoms with Gasteiger partial charge in [-0.3, -0.25) is 9.36 Å². The van der Waals surface area contributed by atoms with Gasteiger partial charge in [0.1, 0.15) is 0 Å². The molecule has 136 valence electrons. The lowest BCUT2D eigenvalue weighted by atomic mass is 10.0. The highest BCUT2D eigenvalue weighted by Crippen LogP contribution is 2.26. The fourth-order valence-electron chi connectivity index (χ4n) is 3.31. The average Bonchev–Trinajstić information content (AvgIpc) is 3.22. The molecule has 0 bridgehead atoms. The smallest absolute Gasteiger partial charge is 0.357 e. The van der Waals surface area contributed by atoms with Gasteiger partial charge in [0.2, 0.25) is 0 Å². The first-order valence-corrected chi connectivity index (χ1v) is 8.87. The zero-order valence-electron chi connectivity index (χ0n) is 14.7. The van der Waals surface area contributed by atoms with Crippen LogP contribution >= 0.6 is 0 Å². The van der Waals surface area contributed by atoms with E-state index in [1.54, 1.807) is 15.8 Å². The molecule has 1 amide bonds. The van der Waals surface area contributed by atoms with Crippen molar-refractivity contribution in [1.82, 2.24) is 9.55 Å². The van der Waals surface area contributed by atoms with E-state index >= 15 is 0 Å². The minimum Gasteiger partial charge on any atom is -0.451 e. The van der Waals surface area contributed by atoms with Gasteiger partial charge < -0.3 is 9.64 Å². The summed E-state index contributed by atoms with van der Waals surface area (Å²) in [6, 6.07) is 17.2. The third-order valence-electron chi connectivity index (χ3n) is 4.62. The van der Waals surface area contributed by atoms with E-state index in [4.69, 9.17) is 4.74 Å². The number of hydrogen-bond donors (Lipinski definition) is 0. The highest BCUT2D eigenvalue weighted by Gasteiger charge is 2.24. The maximum atomic E-state index is 12.6. The highest BCUT2D eigenvalue weighted by atomic mass is 16.5. The van der Waals surface area contributed by atoms with Crippen LogP contribution in [0.15, 0.2) is 67.1 Å². The fourth-order valence-corrected chi connectivity index (χ4v) is 3.31. The summed E-state index contributed by atoms with van der Waals surface area (Å²) in [5.41, 5.74) is 3.14. The number of carbonyl (C=O) groups excluding carboxylic acids is 2. The van der Waals surface area contributed by atoms with E-state index < -0.39 is 5.97 Å². The first-order chi connectivity index (χ1) is 13.2. The summed E-state index contributed by atoms with van der Waals surface area (Å²) >= 11 is 0. The van der Waals surface area contributed by atoms with Crippen molar-refractivity contribution in [2.24, 2.45) is 0 Å². The number of aromatic nitrogens is 2. The van der Waals surface area contributed by atoms with Gasteiger partial charge in [0, 0.05) is 17.9 Å². The number of amides is 1. The molecule has 0 N–H and O–H groups in total. The Kier molecular flexibility index (Phi) is 4.70. The molecule has 1 aliphatic heterocycles. The second-order valence-electron chi connectivity index (χ2n) is 6.34. The maximum Gasteiger partial charge on any atom is 0.357 e.